The zero-order valence-corrected chi connectivity index (χ0v) is 11.4. The molecular weight excluding hydrogens is 268 g/mol. The van der Waals surface area contributed by atoms with E-state index in [1.807, 2.05) is 6.92 Å². The number of hydrogen-bond acceptors (Lipinski definition) is 4. The molecule has 4 nitrogen and oxygen atoms in total. The predicted octanol–water partition coefficient (Wildman–Crippen LogP) is 2.86. The molecule has 2 unspecified atom stereocenters. The van der Waals surface area contributed by atoms with Gasteiger partial charge >= 0.3 is 0 Å². The van der Waals surface area contributed by atoms with Crippen molar-refractivity contribution in [3.05, 3.63) is 22.7 Å². The van der Waals surface area contributed by atoms with Gasteiger partial charge in [-0.2, -0.15) is 0 Å². The molecular formula is C14H15ClO4. The summed E-state index contributed by atoms with van der Waals surface area (Å²) in [6, 6.07) is 3.30. The van der Waals surface area contributed by atoms with Crippen molar-refractivity contribution >= 4 is 17.4 Å². The average Bonchev–Trinajstić information content (AvgIpc) is 2.84. The highest BCUT2D eigenvalue weighted by atomic mass is 35.5. The van der Waals surface area contributed by atoms with E-state index in [1.54, 1.807) is 12.1 Å². The molecule has 2 aliphatic rings. The van der Waals surface area contributed by atoms with Crippen LogP contribution < -0.4 is 9.47 Å². The number of carbonyl (C=O) groups excluding carboxylic acids is 1. The van der Waals surface area contributed by atoms with Gasteiger partial charge in [-0.25, -0.2) is 0 Å². The minimum Gasteiger partial charge on any atom is -0.486 e. The Balaban J connectivity index is 1.89. The predicted molar refractivity (Wildman–Crippen MR) is 70.3 cm³/mol. The van der Waals surface area contributed by atoms with Gasteiger partial charge < -0.3 is 14.2 Å². The lowest BCUT2D eigenvalue weighted by atomic mass is 10.0. The van der Waals surface area contributed by atoms with Gasteiger partial charge in [-0.1, -0.05) is 11.6 Å². The van der Waals surface area contributed by atoms with E-state index < -0.39 is 6.10 Å². The number of halogens is 1. The lowest BCUT2D eigenvalue weighted by Crippen LogP contribution is -2.22. The Morgan fingerprint density at radius 1 is 1.21 bits per heavy atom. The summed E-state index contributed by atoms with van der Waals surface area (Å²) in [6.07, 6.45) is 1.38. The Morgan fingerprint density at radius 2 is 1.89 bits per heavy atom. The maximum absolute atomic E-state index is 12.4. The van der Waals surface area contributed by atoms with Gasteiger partial charge in [0.25, 0.3) is 0 Å². The lowest BCUT2D eigenvalue weighted by Gasteiger charge is -2.20. The maximum Gasteiger partial charge on any atom is 0.193 e. The molecule has 2 aliphatic heterocycles. The number of benzene rings is 1. The lowest BCUT2D eigenvalue weighted by molar-refractivity contribution is 0.0433. The standard InChI is InChI=1S/C14H15ClO4/c1-8-2-3-11(19-8)14(16)9-6-12-13(7-10(9)15)18-5-4-17-12/h6-8,11H,2-5H2,1H3. The minimum absolute atomic E-state index is 0.0775. The van der Waals surface area contributed by atoms with E-state index in [4.69, 9.17) is 25.8 Å². The van der Waals surface area contributed by atoms with Crippen LogP contribution in [0.4, 0.5) is 0 Å². The van der Waals surface area contributed by atoms with Gasteiger partial charge in [-0.3, -0.25) is 4.79 Å². The first-order chi connectivity index (χ1) is 9.15. The Labute approximate surface area is 116 Å². The highest BCUT2D eigenvalue weighted by molar-refractivity contribution is 6.34. The Morgan fingerprint density at radius 3 is 2.53 bits per heavy atom. The van der Waals surface area contributed by atoms with Crippen LogP contribution in [0.25, 0.3) is 0 Å². The van der Waals surface area contributed by atoms with Gasteiger partial charge in [0.05, 0.1) is 11.1 Å². The molecule has 0 amide bonds. The van der Waals surface area contributed by atoms with Crippen LogP contribution >= 0.6 is 11.6 Å². The van der Waals surface area contributed by atoms with Crippen molar-refractivity contribution in [2.24, 2.45) is 0 Å². The molecule has 19 heavy (non-hydrogen) atoms. The molecule has 0 spiro atoms. The van der Waals surface area contributed by atoms with Crippen molar-refractivity contribution in [3.8, 4) is 11.5 Å². The molecule has 5 heteroatoms. The second-order valence-corrected chi connectivity index (χ2v) is 5.26. The molecule has 1 saturated heterocycles. The molecule has 1 aromatic carbocycles. The first-order valence-electron chi connectivity index (χ1n) is 6.44. The molecule has 2 atom stereocenters. The summed E-state index contributed by atoms with van der Waals surface area (Å²) >= 11 is 6.16. The summed E-state index contributed by atoms with van der Waals surface area (Å²) in [5, 5.41) is 0.386. The van der Waals surface area contributed by atoms with Crippen LogP contribution in [0.3, 0.4) is 0 Å². The first-order valence-corrected chi connectivity index (χ1v) is 6.82. The molecule has 3 rings (SSSR count). The normalized spacial score (nSPS) is 25.4. The molecule has 0 saturated carbocycles. The number of Topliss-reactive ketones (excluding diaryl/α,β-unsaturated/α-hetero) is 1. The van der Waals surface area contributed by atoms with Crippen molar-refractivity contribution in [2.45, 2.75) is 32.0 Å². The maximum atomic E-state index is 12.4. The molecule has 1 aromatic rings. The molecule has 0 radical (unpaired) electrons. The van der Waals surface area contributed by atoms with Crippen LogP contribution in [0.1, 0.15) is 30.1 Å². The van der Waals surface area contributed by atoms with Crippen LogP contribution in [0.5, 0.6) is 11.5 Å². The Bertz CT molecular complexity index is 514. The Kier molecular flexibility index (Phi) is 3.37. The number of ketones is 1. The fourth-order valence-corrected chi connectivity index (χ4v) is 2.67. The third-order valence-electron chi connectivity index (χ3n) is 3.42. The van der Waals surface area contributed by atoms with Crippen molar-refractivity contribution in [3.63, 3.8) is 0 Å². The van der Waals surface area contributed by atoms with Crippen molar-refractivity contribution in [1.82, 2.24) is 0 Å². The number of rotatable bonds is 2. The second kappa shape index (κ2) is 5.02. The van der Waals surface area contributed by atoms with Crippen LogP contribution in [0.15, 0.2) is 12.1 Å². The van der Waals surface area contributed by atoms with E-state index in [9.17, 15) is 4.79 Å². The topological polar surface area (TPSA) is 44.8 Å². The van der Waals surface area contributed by atoms with Crippen LogP contribution in [-0.2, 0) is 4.74 Å². The zero-order valence-electron chi connectivity index (χ0n) is 10.6. The molecule has 1 fully saturated rings. The van der Waals surface area contributed by atoms with Crippen molar-refractivity contribution in [1.29, 1.82) is 0 Å². The summed E-state index contributed by atoms with van der Waals surface area (Å²) in [6.45, 7) is 2.96. The average molecular weight is 283 g/mol. The van der Waals surface area contributed by atoms with Crippen LogP contribution in [-0.4, -0.2) is 31.2 Å². The van der Waals surface area contributed by atoms with E-state index in [0.717, 1.165) is 12.8 Å². The van der Waals surface area contributed by atoms with Gasteiger partial charge in [0.2, 0.25) is 0 Å². The van der Waals surface area contributed by atoms with Crippen molar-refractivity contribution in [2.75, 3.05) is 13.2 Å². The van der Waals surface area contributed by atoms with Gasteiger partial charge in [-0.15, -0.1) is 0 Å². The highest BCUT2D eigenvalue weighted by Gasteiger charge is 2.31. The molecule has 0 bridgehead atoms. The summed E-state index contributed by atoms with van der Waals surface area (Å²) in [4.78, 5) is 12.4. The van der Waals surface area contributed by atoms with Crippen LogP contribution in [0, 0.1) is 0 Å². The number of ether oxygens (including phenoxy) is 3. The minimum atomic E-state index is -0.393. The van der Waals surface area contributed by atoms with Gasteiger partial charge in [0, 0.05) is 11.6 Å². The van der Waals surface area contributed by atoms with E-state index in [2.05, 4.69) is 0 Å². The molecule has 0 aliphatic carbocycles. The fraction of sp³-hybridized carbons (Fsp3) is 0.500. The number of fused-ring (bicyclic) bond motifs is 1. The number of carbonyl (C=O) groups is 1. The molecule has 2 heterocycles. The van der Waals surface area contributed by atoms with E-state index in [-0.39, 0.29) is 11.9 Å². The molecule has 0 N–H and O–H groups in total. The smallest absolute Gasteiger partial charge is 0.193 e. The van der Waals surface area contributed by atoms with Gasteiger partial charge in [-0.05, 0) is 25.8 Å². The molecule has 102 valence electrons. The van der Waals surface area contributed by atoms with Gasteiger partial charge in [0.15, 0.2) is 17.3 Å². The second-order valence-electron chi connectivity index (χ2n) is 4.85. The van der Waals surface area contributed by atoms with E-state index in [1.165, 1.54) is 0 Å². The first kappa shape index (κ1) is 12.8. The SMILES string of the molecule is CC1CCC(C(=O)c2cc3c(cc2Cl)OCCO3)O1. The third-order valence-corrected chi connectivity index (χ3v) is 3.73. The van der Waals surface area contributed by atoms with E-state index >= 15 is 0 Å². The zero-order chi connectivity index (χ0) is 13.4. The van der Waals surface area contributed by atoms with Crippen LogP contribution in [0.2, 0.25) is 5.02 Å². The molecule has 0 aromatic heterocycles. The summed E-state index contributed by atoms with van der Waals surface area (Å²) in [7, 11) is 0. The monoisotopic (exact) mass is 282 g/mol. The van der Waals surface area contributed by atoms with Gasteiger partial charge in [0.1, 0.15) is 19.3 Å². The van der Waals surface area contributed by atoms with E-state index in [0.29, 0.717) is 35.3 Å². The largest absolute Gasteiger partial charge is 0.486 e. The summed E-state index contributed by atoms with van der Waals surface area (Å²) in [5.41, 5.74) is 0.449. The number of hydrogen-bond donors (Lipinski definition) is 0. The fourth-order valence-electron chi connectivity index (χ4n) is 2.42. The quantitative estimate of drug-likeness (QED) is 0.783. The Hall–Kier alpha value is -1.26. The summed E-state index contributed by atoms with van der Waals surface area (Å²) in [5.74, 6) is 1.09. The summed E-state index contributed by atoms with van der Waals surface area (Å²) < 4.78 is 16.5. The van der Waals surface area contributed by atoms with Crippen molar-refractivity contribution < 1.29 is 19.0 Å². The third kappa shape index (κ3) is 2.42. The highest BCUT2D eigenvalue weighted by Crippen LogP contribution is 2.36.